The molecule has 0 aliphatic carbocycles. The van der Waals surface area contributed by atoms with Gasteiger partial charge in [-0.1, -0.05) is 0 Å². The third kappa shape index (κ3) is 16.5. The van der Waals surface area contributed by atoms with Crippen LogP contribution in [0.3, 0.4) is 0 Å². The molecule has 0 aliphatic heterocycles. The standard InChI is InChI=1S/C16H30N4O5/c17-9-1-5-13(21)18-10-2-6-14(22)19-11-3-7-15(23)20-12-4-8-16(24)25/h1-12,17H2,(H,18,21)(H,19,22)(H,20,23)(H,24,25). The summed E-state index contributed by atoms with van der Waals surface area (Å²) >= 11 is 0. The van der Waals surface area contributed by atoms with Crippen molar-refractivity contribution in [1.82, 2.24) is 16.0 Å². The molecule has 25 heavy (non-hydrogen) atoms. The van der Waals surface area contributed by atoms with Crippen LogP contribution in [0, 0.1) is 0 Å². The first-order valence-electron chi connectivity index (χ1n) is 8.67. The molecule has 9 heteroatoms. The van der Waals surface area contributed by atoms with Gasteiger partial charge in [-0.3, -0.25) is 19.2 Å². The predicted octanol–water partition coefficient (Wildman–Crippen LogP) is -0.501. The number of carboxylic acid groups (broad SMARTS) is 1. The van der Waals surface area contributed by atoms with Gasteiger partial charge in [0, 0.05) is 45.3 Å². The summed E-state index contributed by atoms with van der Waals surface area (Å²) in [6.07, 6.45) is 3.17. The van der Waals surface area contributed by atoms with Gasteiger partial charge in [0.2, 0.25) is 17.7 Å². The van der Waals surface area contributed by atoms with E-state index < -0.39 is 5.97 Å². The van der Waals surface area contributed by atoms with Gasteiger partial charge in [-0.25, -0.2) is 0 Å². The van der Waals surface area contributed by atoms with E-state index in [1.165, 1.54) is 0 Å². The summed E-state index contributed by atoms with van der Waals surface area (Å²) in [4.78, 5) is 44.7. The Balaban J connectivity index is 3.47. The van der Waals surface area contributed by atoms with Crippen LogP contribution in [-0.4, -0.2) is 55.0 Å². The molecule has 0 unspecified atom stereocenters. The van der Waals surface area contributed by atoms with E-state index in [0.717, 1.165) is 0 Å². The fourth-order valence-electron chi connectivity index (χ4n) is 1.95. The second-order valence-corrected chi connectivity index (χ2v) is 5.65. The molecule has 0 aliphatic rings. The molecule has 0 radical (unpaired) electrons. The lowest BCUT2D eigenvalue weighted by Gasteiger charge is -2.07. The molecule has 0 aromatic carbocycles. The Labute approximate surface area is 148 Å². The molecule has 0 aromatic rings. The predicted molar refractivity (Wildman–Crippen MR) is 92.7 cm³/mol. The first-order valence-corrected chi connectivity index (χ1v) is 8.67. The van der Waals surface area contributed by atoms with Crippen LogP contribution < -0.4 is 21.7 Å². The fraction of sp³-hybridized carbons (Fsp3) is 0.750. The zero-order chi connectivity index (χ0) is 18.9. The maximum Gasteiger partial charge on any atom is 0.303 e. The summed E-state index contributed by atoms with van der Waals surface area (Å²) in [6, 6.07) is 0. The first-order chi connectivity index (χ1) is 12.0. The molecule has 144 valence electrons. The molecule has 0 aromatic heterocycles. The molecule has 0 atom stereocenters. The Morgan fingerprint density at radius 3 is 1.36 bits per heavy atom. The molecular weight excluding hydrogens is 328 g/mol. The van der Waals surface area contributed by atoms with Crippen molar-refractivity contribution in [2.24, 2.45) is 5.73 Å². The van der Waals surface area contributed by atoms with E-state index in [2.05, 4.69) is 16.0 Å². The molecule has 6 N–H and O–H groups in total. The molecule has 0 saturated heterocycles. The molecule has 9 nitrogen and oxygen atoms in total. The van der Waals surface area contributed by atoms with Crippen LogP contribution in [-0.2, 0) is 19.2 Å². The maximum absolute atomic E-state index is 11.6. The largest absolute Gasteiger partial charge is 0.481 e. The topological polar surface area (TPSA) is 151 Å². The van der Waals surface area contributed by atoms with Gasteiger partial charge in [0.25, 0.3) is 0 Å². The second kappa shape index (κ2) is 15.4. The van der Waals surface area contributed by atoms with Crippen LogP contribution in [0.4, 0.5) is 0 Å². The van der Waals surface area contributed by atoms with E-state index in [4.69, 9.17) is 10.8 Å². The van der Waals surface area contributed by atoms with Gasteiger partial charge in [0.05, 0.1) is 0 Å². The Morgan fingerprint density at radius 2 is 1.00 bits per heavy atom. The quantitative estimate of drug-likeness (QED) is 0.249. The Bertz CT molecular complexity index is 429. The molecular formula is C16H30N4O5. The molecule has 0 fully saturated rings. The lowest BCUT2D eigenvalue weighted by Crippen LogP contribution is -2.29. The van der Waals surface area contributed by atoms with E-state index >= 15 is 0 Å². The Morgan fingerprint density at radius 1 is 0.640 bits per heavy atom. The van der Waals surface area contributed by atoms with Crippen molar-refractivity contribution in [1.29, 1.82) is 0 Å². The summed E-state index contributed by atoms with van der Waals surface area (Å²) in [7, 11) is 0. The molecule has 0 saturated carbocycles. The van der Waals surface area contributed by atoms with E-state index in [0.29, 0.717) is 64.7 Å². The number of carbonyl (C=O) groups is 4. The zero-order valence-corrected chi connectivity index (χ0v) is 14.6. The van der Waals surface area contributed by atoms with Crippen LogP contribution in [0.1, 0.15) is 51.4 Å². The van der Waals surface area contributed by atoms with Crippen molar-refractivity contribution >= 4 is 23.7 Å². The zero-order valence-electron chi connectivity index (χ0n) is 14.6. The number of nitrogens with one attached hydrogen (secondary N) is 3. The number of carboxylic acids is 1. The lowest BCUT2D eigenvalue weighted by atomic mass is 10.2. The van der Waals surface area contributed by atoms with Crippen molar-refractivity contribution in [3.8, 4) is 0 Å². The van der Waals surface area contributed by atoms with Crippen molar-refractivity contribution < 1.29 is 24.3 Å². The van der Waals surface area contributed by atoms with Crippen LogP contribution in [0.15, 0.2) is 0 Å². The average molecular weight is 358 g/mol. The number of hydrogen-bond donors (Lipinski definition) is 5. The Kier molecular flexibility index (Phi) is 14.0. The number of nitrogens with two attached hydrogens (primary N) is 1. The van der Waals surface area contributed by atoms with Crippen molar-refractivity contribution in [2.75, 3.05) is 26.2 Å². The van der Waals surface area contributed by atoms with Crippen molar-refractivity contribution in [3.05, 3.63) is 0 Å². The van der Waals surface area contributed by atoms with Crippen LogP contribution in [0.2, 0.25) is 0 Å². The highest BCUT2D eigenvalue weighted by Gasteiger charge is 2.05. The molecule has 0 rings (SSSR count). The highest BCUT2D eigenvalue weighted by atomic mass is 16.4. The van der Waals surface area contributed by atoms with E-state index in [9.17, 15) is 19.2 Å². The monoisotopic (exact) mass is 358 g/mol. The summed E-state index contributed by atoms with van der Waals surface area (Å²) in [5.41, 5.74) is 5.31. The molecule has 0 bridgehead atoms. The van der Waals surface area contributed by atoms with Gasteiger partial charge < -0.3 is 26.8 Å². The summed E-state index contributed by atoms with van der Waals surface area (Å²) in [6.45, 7) is 1.69. The summed E-state index contributed by atoms with van der Waals surface area (Å²) in [5, 5.41) is 16.5. The molecule has 0 heterocycles. The van der Waals surface area contributed by atoms with Gasteiger partial charge in [-0.05, 0) is 32.2 Å². The van der Waals surface area contributed by atoms with Crippen LogP contribution >= 0.6 is 0 Å². The number of carbonyl (C=O) groups excluding carboxylic acids is 3. The Hall–Kier alpha value is -2.16. The normalized spacial score (nSPS) is 10.1. The first kappa shape index (κ1) is 22.8. The molecule has 0 spiro atoms. The van der Waals surface area contributed by atoms with Crippen LogP contribution in [0.25, 0.3) is 0 Å². The number of aliphatic carboxylic acids is 1. The van der Waals surface area contributed by atoms with E-state index in [1.807, 2.05) is 0 Å². The van der Waals surface area contributed by atoms with Gasteiger partial charge in [-0.2, -0.15) is 0 Å². The number of rotatable bonds is 15. The molecule has 3 amide bonds. The highest BCUT2D eigenvalue weighted by Crippen LogP contribution is 1.93. The van der Waals surface area contributed by atoms with Crippen molar-refractivity contribution in [2.45, 2.75) is 51.4 Å². The average Bonchev–Trinajstić information content (AvgIpc) is 2.57. The maximum atomic E-state index is 11.6. The minimum Gasteiger partial charge on any atom is -0.481 e. The third-order valence-corrected chi connectivity index (χ3v) is 3.30. The minimum absolute atomic E-state index is 0.0316. The summed E-state index contributed by atoms with van der Waals surface area (Å²) in [5.74, 6) is -1.20. The fourth-order valence-corrected chi connectivity index (χ4v) is 1.95. The number of hydrogen-bond acceptors (Lipinski definition) is 5. The number of amides is 3. The van der Waals surface area contributed by atoms with Gasteiger partial charge in [0.1, 0.15) is 0 Å². The van der Waals surface area contributed by atoms with Gasteiger partial charge >= 0.3 is 5.97 Å². The second-order valence-electron chi connectivity index (χ2n) is 5.65. The SMILES string of the molecule is NCCCC(=O)NCCCC(=O)NCCCC(=O)NCCCC(=O)O. The third-order valence-electron chi connectivity index (χ3n) is 3.30. The lowest BCUT2D eigenvalue weighted by molar-refractivity contribution is -0.137. The summed E-state index contributed by atoms with van der Waals surface area (Å²) < 4.78 is 0. The van der Waals surface area contributed by atoms with Crippen molar-refractivity contribution in [3.63, 3.8) is 0 Å². The van der Waals surface area contributed by atoms with E-state index in [1.54, 1.807) is 0 Å². The van der Waals surface area contributed by atoms with Gasteiger partial charge in [-0.15, -0.1) is 0 Å². The minimum atomic E-state index is -0.882. The smallest absolute Gasteiger partial charge is 0.303 e. The van der Waals surface area contributed by atoms with Crippen LogP contribution in [0.5, 0.6) is 0 Å². The highest BCUT2D eigenvalue weighted by molar-refractivity contribution is 5.77. The van der Waals surface area contributed by atoms with E-state index in [-0.39, 0.29) is 30.6 Å². The van der Waals surface area contributed by atoms with Gasteiger partial charge in [0.15, 0.2) is 0 Å².